The summed E-state index contributed by atoms with van der Waals surface area (Å²) in [4.78, 5) is 2.35. The molecule has 1 aliphatic carbocycles. The molecule has 2 nitrogen and oxygen atoms in total. The zero-order valence-electron chi connectivity index (χ0n) is 10.4. The first-order valence-corrected chi connectivity index (χ1v) is 6.71. The number of rotatable bonds is 4. The molecule has 2 rings (SSSR count). The molecule has 94 valence electrons. The van der Waals surface area contributed by atoms with Gasteiger partial charge in [0.1, 0.15) is 0 Å². The Morgan fingerprint density at radius 2 is 2.24 bits per heavy atom. The molecule has 1 saturated carbocycles. The fraction of sp³-hybridized carbons (Fsp3) is 0.571. The highest BCUT2D eigenvalue weighted by atomic mass is 35.5. The second-order valence-electron chi connectivity index (χ2n) is 5.18. The van der Waals surface area contributed by atoms with Gasteiger partial charge in [0.05, 0.1) is 0 Å². The molecule has 0 radical (unpaired) electrons. The van der Waals surface area contributed by atoms with E-state index >= 15 is 0 Å². The Balaban J connectivity index is 1.86. The summed E-state index contributed by atoms with van der Waals surface area (Å²) in [5.74, 6) is 0.666. The normalized spacial score (nSPS) is 24.5. The van der Waals surface area contributed by atoms with Crippen LogP contribution in [0.25, 0.3) is 0 Å². The second kappa shape index (κ2) is 5.85. The highest BCUT2D eigenvalue weighted by Crippen LogP contribution is 2.25. The standard InChI is InChI=1S/C14H21ClN2/c1-17(10-12-5-3-7-14(12)16)9-11-4-2-6-13(15)8-11/h2,4,6,8,12,14H,3,5,7,9-10,16H2,1H3. The summed E-state index contributed by atoms with van der Waals surface area (Å²) in [7, 11) is 2.16. The van der Waals surface area contributed by atoms with Crippen molar-refractivity contribution in [3.8, 4) is 0 Å². The van der Waals surface area contributed by atoms with Gasteiger partial charge >= 0.3 is 0 Å². The minimum absolute atomic E-state index is 0.400. The van der Waals surface area contributed by atoms with Crippen LogP contribution in [0.3, 0.4) is 0 Å². The van der Waals surface area contributed by atoms with Crippen molar-refractivity contribution in [2.45, 2.75) is 31.8 Å². The third-order valence-corrected chi connectivity index (χ3v) is 3.84. The zero-order valence-corrected chi connectivity index (χ0v) is 11.2. The zero-order chi connectivity index (χ0) is 12.3. The van der Waals surface area contributed by atoms with Gasteiger partial charge in [-0.05, 0) is 43.5 Å². The Labute approximate surface area is 109 Å². The smallest absolute Gasteiger partial charge is 0.0409 e. The Morgan fingerprint density at radius 1 is 1.41 bits per heavy atom. The lowest BCUT2D eigenvalue weighted by Crippen LogP contribution is -2.34. The van der Waals surface area contributed by atoms with Crippen LogP contribution in [0.5, 0.6) is 0 Å². The van der Waals surface area contributed by atoms with Crippen molar-refractivity contribution < 1.29 is 0 Å². The molecular formula is C14H21ClN2. The molecule has 0 bridgehead atoms. The Morgan fingerprint density at radius 3 is 2.88 bits per heavy atom. The molecule has 2 N–H and O–H groups in total. The molecule has 1 aromatic carbocycles. The van der Waals surface area contributed by atoms with E-state index in [4.69, 9.17) is 17.3 Å². The number of benzene rings is 1. The number of halogens is 1. The quantitative estimate of drug-likeness (QED) is 0.893. The number of nitrogens with zero attached hydrogens (tertiary/aromatic N) is 1. The highest BCUT2D eigenvalue weighted by molar-refractivity contribution is 6.30. The van der Waals surface area contributed by atoms with Crippen LogP contribution in [0, 0.1) is 5.92 Å². The fourth-order valence-electron chi connectivity index (χ4n) is 2.70. The van der Waals surface area contributed by atoms with Crippen LogP contribution < -0.4 is 5.73 Å². The molecule has 1 fully saturated rings. The van der Waals surface area contributed by atoms with E-state index in [1.54, 1.807) is 0 Å². The van der Waals surface area contributed by atoms with Crippen molar-refractivity contribution in [1.82, 2.24) is 4.90 Å². The van der Waals surface area contributed by atoms with Crippen molar-refractivity contribution in [1.29, 1.82) is 0 Å². The summed E-state index contributed by atoms with van der Waals surface area (Å²) in [6, 6.07) is 8.48. The van der Waals surface area contributed by atoms with Crippen LogP contribution in [-0.4, -0.2) is 24.5 Å². The molecule has 17 heavy (non-hydrogen) atoms. The number of nitrogens with two attached hydrogens (primary N) is 1. The fourth-order valence-corrected chi connectivity index (χ4v) is 2.92. The van der Waals surface area contributed by atoms with Crippen LogP contribution >= 0.6 is 11.6 Å². The molecular weight excluding hydrogens is 232 g/mol. The van der Waals surface area contributed by atoms with E-state index in [9.17, 15) is 0 Å². The van der Waals surface area contributed by atoms with Crippen LogP contribution in [0.1, 0.15) is 24.8 Å². The predicted molar refractivity (Wildman–Crippen MR) is 73.1 cm³/mol. The first-order valence-electron chi connectivity index (χ1n) is 6.33. The van der Waals surface area contributed by atoms with Gasteiger partial charge in [0.15, 0.2) is 0 Å². The van der Waals surface area contributed by atoms with Gasteiger partial charge in [0, 0.05) is 24.2 Å². The Kier molecular flexibility index (Phi) is 4.43. The van der Waals surface area contributed by atoms with Gasteiger partial charge < -0.3 is 10.6 Å². The summed E-state index contributed by atoms with van der Waals surface area (Å²) in [5, 5.41) is 0.813. The summed E-state index contributed by atoms with van der Waals surface area (Å²) in [6.45, 7) is 2.04. The van der Waals surface area contributed by atoms with Crippen molar-refractivity contribution in [2.24, 2.45) is 11.7 Å². The van der Waals surface area contributed by atoms with Gasteiger partial charge in [0.25, 0.3) is 0 Å². The molecule has 0 spiro atoms. The van der Waals surface area contributed by atoms with Crippen molar-refractivity contribution in [3.63, 3.8) is 0 Å². The van der Waals surface area contributed by atoms with Gasteiger partial charge in [-0.1, -0.05) is 30.2 Å². The molecule has 1 aromatic rings. The number of hydrogen-bond acceptors (Lipinski definition) is 2. The molecule has 0 aromatic heterocycles. The van der Waals surface area contributed by atoms with E-state index in [2.05, 4.69) is 18.0 Å². The van der Waals surface area contributed by atoms with Gasteiger partial charge in [-0.3, -0.25) is 0 Å². The molecule has 2 atom stereocenters. The minimum atomic E-state index is 0.400. The van der Waals surface area contributed by atoms with E-state index in [0.29, 0.717) is 12.0 Å². The van der Waals surface area contributed by atoms with Crippen molar-refractivity contribution in [2.75, 3.05) is 13.6 Å². The molecule has 3 heteroatoms. The second-order valence-corrected chi connectivity index (χ2v) is 5.62. The lowest BCUT2D eigenvalue weighted by molar-refractivity contribution is 0.259. The molecule has 0 saturated heterocycles. The summed E-state index contributed by atoms with van der Waals surface area (Å²) in [5.41, 5.74) is 7.37. The van der Waals surface area contributed by atoms with Gasteiger partial charge in [-0.15, -0.1) is 0 Å². The summed E-state index contributed by atoms with van der Waals surface area (Å²) < 4.78 is 0. The van der Waals surface area contributed by atoms with Crippen molar-refractivity contribution >= 4 is 11.6 Å². The lowest BCUT2D eigenvalue weighted by atomic mass is 10.0. The maximum absolute atomic E-state index is 6.10. The average molecular weight is 253 g/mol. The predicted octanol–water partition coefficient (Wildman–Crippen LogP) is 2.90. The van der Waals surface area contributed by atoms with Gasteiger partial charge in [-0.25, -0.2) is 0 Å². The van der Waals surface area contributed by atoms with E-state index in [1.807, 2.05) is 18.2 Å². The third kappa shape index (κ3) is 3.70. The van der Waals surface area contributed by atoms with E-state index in [1.165, 1.54) is 24.8 Å². The highest BCUT2D eigenvalue weighted by Gasteiger charge is 2.24. The topological polar surface area (TPSA) is 29.3 Å². The molecule has 2 unspecified atom stereocenters. The van der Waals surface area contributed by atoms with Crippen LogP contribution in [0.4, 0.5) is 0 Å². The van der Waals surface area contributed by atoms with Crippen molar-refractivity contribution in [3.05, 3.63) is 34.9 Å². The maximum Gasteiger partial charge on any atom is 0.0409 e. The van der Waals surface area contributed by atoms with E-state index in [-0.39, 0.29) is 0 Å². The third-order valence-electron chi connectivity index (χ3n) is 3.61. The largest absolute Gasteiger partial charge is 0.327 e. The van der Waals surface area contributed by atoms with Gasteiger partial charge in [-0.2, -0.15) is 0 Å². The van der Waals surface area contributed by atoms with E-state index in [0.717, 1.165) is 18.1 Å². The lowest BCUT2D eigenvalue weighted by Gasteiger charge is -2.23. The minimum Gasteiger partial charge on any atom is -0.327 e. The molecule has 0 heterocycles. The SMILES string of the molecule is CN(Cc1cccc(Cl)c1)CC1CCCC1N. The Bertz CT molecular complexity index is 367. The maximum atomic E-state index is 6.10. The average Bonchev–Trinajstić information content (AvgIpc) is 2.64. The summed E-state index contributed by atoms with van der Waals surface area (Å²) in [6.07, 6.45) is 3.76. The van der Waals surface area contributed by atoms with Crippen LogP contribution in [-0.2, 0) is 6.54 Å². The van der Waals surface area contributed by atoms with E-state index < -0.39 is 0 Å². The molecule has 1 aliphatic rings. The molecule has 0 aliphatic heterocycles. The molecule has 0 amide bonds. The Hall–Kier alpha value is -0.570. The monoisotopic (exact) mass is 252 g/mol. The number of hydrogen-bond donors (Lipinski definition) is 1. The summed E-state index contributed by atoms with van der Waals surface area (Å²) >= 11 is 5.98. The first kappa shape index (κ1) is 12.9. The van der Waals surface area contributed by atoms with Crippen LogP contribution in [0.2, 0.25) is 5.02 Å². The first-order chi connectivity index (χ1) is 8.15. The van der Waals surface area contributed by atoms with Crippen LogP contribution in [0.15, 0.2) is 24.3 Å². The van der Waals surface area contributed by atoms with Gasteiger partial charge in [0.2, 0.25) is 0 Å².